The molecule has 0 amide bonds. The first-order valence-electron chi connectivity index (χ1n) is 4.88. The maximum Gasteiger partial charge on any atom is 0.0687 e. The number of aliphatic hydroxyl groups is 1. The average Bonchev–Trinajstić information content (AvgIpc) is 2.64. The number of benzene rings is 1. The van der Waals surface area contributed by atoms with Crippen LogP contribution in [0.3, 0.4) is 0 Å². The molecule has 0 atom stereocenters. The van der Waals surface area contributed by atoms with E-state index in [1.54, 1.807) is 0 Å². The third-order valence-electron chi connectivity index (χ3n) is 2.68. The molecule has 2 rings (SSSR count). The summed E-state index contributed by atoms with van der Waals surface area (Å²) < 4.78 is 0. The maximum absolute atomic E-state index is 9.22. The van der Waals surface area contributed by atoms with E-state index in [1.807, 2.05) is 18.2 Å². The van der Waals surface area contributed by atoms with Crippen LogP contribution >= 0.6 is 24.8 Å². The molecule has 0 spiro atoms. The molecule has 1 aromatic rings. The van der Waals surface area contributed by atoms with Gasteiger partial charge in [-0.1, -0.05) is 36.4 Å². The van der Waals surface area contributed by atoms with Crippen LogP contribution in [-0.4, -0.2) is 5.11 Å². The van der Waals surface area contributed by atoms with Crippen LogP contribution in [0.1, 0.15) is 24.5 Å². The van der Waals surface area contributed by atoms with Gasteiger partial charge >= 0.3 is 0 Å². The van der Waals surface area contributed by atoms with Gasteiger partial charge in [0.1, 0.15) is 0 Å². The Morgan fingerprint density at radius 3 is 2.35 bits per heavy atom. The van der Waals surface area contributed by atoms with Gasteiger partial charge in [-0.15, -0.1) is 24.8 Å². The second kappa shape index (κ2) is 8.96. The Kier molecular flexibility index (Phi) is 10.2. The first-order valence-corrected chi connectivity index (χ1v) is 4.88. The van der Waals surface area contributed by atoms with E-state index >= 15 is 0 Å². The predicted octanol–water partition coefficient (Wildman–Crippen LogP) is 3.75. The Balaban J connectivity index is 0. The summed E-state index contributed by atoms with van der Waals surface area (Å²) in [6, 6.07) is 8.05. The van der Waals surface area contributed by atoms with Crippen molar-refractivity contribution < 1.29 is 26.8 Å². The van der Waals surface area contributed by atoms with Gasteiger partial charge in [0.25, 0.3) is 0 Å². The minimum absolute atomic E-state index is 0. The molecule has 0 aliphatic heterocycles. The molecule has 0 fully saturated rings. The number of rotatable bonds is 2. The molecule has 1 N–H and O–H groups in total. The summed E-state index contributed by atoms with van der Waals surface area (Å²) in [5.41, 5.74) is 4.86. The second-order valence-corrected chi connectivity index (χ2v) is 3.58. The fraction of sp³-hybridized carbons (Fsp3) is 0.231. The Bertz CT molecular complexity index is 414. The normalized spacial score (nSPS) is 12.6. The minimum atomic E-state index is 0. The topological polar surface area (TPSA) is 20.2 Å². The zero-order valence-electron chi connectivity index (χ0n) is 9.64. The van der Waals surface area contributed by atoms with Crippen molar-refractivity contribution in [2.75, 3.05) is 0 Å². The van der Waals surface area contributed by atoms with Gasteiger partial charge < -0.3 is 5.11 Å². The molecule has 0 bridgehead atoms. The molecule has 0 saturated carbocycles. The fourth-order valence-corrected chi connectivity index (χ4v) is 1.89. The van der Waals surface area contributed by atoms with Crippen LogP contribution < -0.4 is 0 Å². The van der Waals surface area contributed by atoms with E-state index in [0.717, 1.165) is 12.0 Å². The predicted molar refractivity (Wildman–Crippen MR) is 73.2 cm³/mol. The monoisotopic (exact) mass is 306 g/mol. The SMILES string of the molecule is CC1=C(c2ccccc2CO)CC=C1.Cl.Cl.[Ti]. The molecule has 4 heteroatoms. The van der Waals surface area contributed by atoms with Crippen LogP contribution in [-0.2, 0) is 28.3 Å². The van der Waals surface area contributed by atoms with Crippen LogP contribution in [0.5, 0.6) is 0 Å². The van der Waals surface area contributed by atoms with E-state index in [4.69, 9.17) is 0 Å². The van der Waals surface area contributed by atoms with Gasteiger partial charge in [-0.3, -0.25) is 0 Å². The standard InChI is InChI=1S/C13H14O.2ClH.Ti/c1-10-5-4-8-12(10)13-7-3-2-6-11(13)9-14;;;/h2-7,14H,8-9H2,1H3;2*1H;. The van der Waals surface area contributed by atoms with Crippen LogP contribution in [0, 0.1) is 0 Å². The van der Waals surface area contributed by atoms with E-state index in [9.17, 15) is 5.11 Å². The van der Waals surface area contributed by atoms with Crippen molar-refractivity contribution >= 4 is 30.4 Å². The largest absolute Gasteiger partial charge is 0.392 e. The van der Waals surface area contributed by atoms with E-state index in [0.29, 0.717) is 0 Å². The van der Waals surface area contributed by atoms with Gasteiger partial charge in [-0.2, -0.15) is 0 Å². The van der Waals surface area contributed by atoms with Gasteiger partial charge in [0, 0.05) is 21.7 Å². The Hall–Kier alpha value is -0.0457. The molecule has 1 aliphatic rings. The van der Waals surface area contributed by atoms with Gasteiger partial charge in [0.05, 0.1) is 6.61 Å². The average molecular weight is 307 g/mol. The van der Waals surface area contributed by atoms with Gasteiger partial charge in [0.15, 0.2) is 0 Å². The summed E-state index contributed by atoms with van der Waals surface area (Å²) in [7, 11) is 0. The number of hydrogen-bond acceptors (Lipinski definition) is 1. The molecular formula is C13H16Cl2OTi. The minimum Gasteiger partial charge on any atom is -0.392 e. The van der Waals surface area contributed by atoms with E-state index < -0.39 is 0 Å². The second-order valence-electron chi connectivity index (χ2n) is 3.58. The molecule has 0 heterocycles. The molecule has 0 aromatic heterocycles. The van der Waals surface area contributed by atoms with Crippen molar-refractivity contribution in [2.45, 2.75) is 20.0 Å². The molecule has 1 nitrogen and oxygen atoms in total. The van der Waals surface area contributed by atoms with Crippen molar-refractivity contribution in [3.8, 4) is 0 Å². The molecule has 0 unspecified atom stereocenters. The third-order valence-corrected chi connectivity index (χ3v) is 2.68. The zero-order valence-corrected chi connectivity index (χ0v) is 12.8. The number of allylic oxidation sites excluding steroid dienone is 4. The summed E-state index contributed by atoms with van der Waals surface area (Å²) in [6.45, 7) is 2.24. The summed E-state index contributed by atoms with van der Waals surface area (Å²) in [4.78, 5) is 0. The first kappa shape index (κ1) is 19.3. The number of halogens is 2. The molecule has 92 valence electrons. The summed E-state index contributed by atoms with van der Waals surface area (Å²) >= 11 is 0. The Labute approximate surface area is 130 Å². The summed E-state index contributed by atoms with van der Waals surface area (Å²) in [6.07, 6.45) is 5.30. The molecule has 1 aliphatic carbocycles. The summed E-state index contributed by atoms with van der Waals surface area (Å²) in [5.74, 6) is 0. The zero-order chi connectivity index (χ0) is 9.97. The van der Waals surface area contributed by atoms with Crippen LogP contribution in [0.15, 0.2) is 42.0 Å². The van der Waals surface area contributed by atoms with Gasteiger partial charge in [0.2, 0.25) is 0 Å². The van der Waals surface area contributed by atoms with Gasteiger partial charge in [-0.05, 0) is 35.6 Å². The molecular weight excluding hydrogens is 291 g/mol. The van der Waals surface area contributed by atoms with Gasteiger partial charge in [-0.25, -0.2) is 0 Å². The van der Waals surface area contributed by atoms with E-state index in [2.05, 4.69) is 25.1 Å². The fourth-order valence-electron chi connectivity index (χ4n) is 1.89. The molecule has 17 heavy (non-hydrogen) atoms. The quantitative estimate of drug-likeness (QED) is 0.825. The summed E-state index contributed by atoms with van der Waals surface area (Å²) in [5, 5.41) is 9.22. The number of aliphatic hydroxyl groups excluding tert-OH is 1. The van der Waals surface area contributed by atoms with E-state index in [1.165, 1.54) is 16.7 Å². The van der Waals surface area contributed by atoms with Crippen LogP contribution in [0.4, 0.5) is 0 Å². The van der Waals surface area contributed by atoms with Crippen LogP contribution in [0.2, 0.25) is 0 Å². The Morgan fingerprint density at radius 2 is 1.82 bits per heavy atom. The smallest absolute Gasteiger partial charge is 0.0687 e. The molecule has 0 saturated heterocycles. The Morgan fingerprint density at radius 1 is 1.18 bits per heavy atom. The maximum atomic E-state index is 9.22. The van der Waals surface area contributed by atoms with Crippen molar-refractivity contribution in [3.63, 3.8) is 0 Å². The first-order chi connectivity index (χ1) is 6.83. The van der Waals surface area contributed by atoms with E-state index in [-0.39, 0.29) is 53.1 Å². The van der Waals surface area contributed by atoms with Crippen molar-refractivity contribution in [1.29, 1.82) is 0 Å². The van der Waals surface area contributed by atoms with Crippen molar-refractivity contribution in [2.24, 2.45) is 0 Å². The molecule has 0 radical (unpaired) electrons. The number of hydrogen-bond donors (Lipinski definition) is 1. The van der Waals surface area contributed by atoms with Crippen molar-refractivity contribution in [3.05, 3.63) is 53.1 Å². The van der Waals surface area contributed by atoms with Crippen LogP contribution in [0.25, 0.3) is 5.57 Å². The van der Waals surface area contributed by atoms with Crippen molar-refractivity contribution in [1.82, 2.24) is 0 Å². The third kappa shape index (κ3) is 4.28. The molecule has 1 aromatic carbocycles.